The van der Waals surface area contributed by atoms with E-state index in [1.54, 1.807) is 0 Å². The molecule has 0 fully saturated rings. The topological polar surface area (TPSA) is 0 Å². The lowest BCUT2D eigenvalue weighted by Gasteiger charge is -2.07. The van der Waals surface area contributed by atoms with E-state index in [-0.39, 0.29) is 0 Å². The van der Waals surface area contributed by atoms with Gasteiger partial charge in [-0.25, -0.2) is 0 Å². The molecule has 0 spiro atoms. The van der Waals surface area contributed by atoms with Gasteiger partial charge in [0, 0.05) is 3.57 Å². The van der Waals surface area contributed by atoms with Crippen molar-refractivity contribution >= 4 is 57.4 Å². The van der Waals surface area contributed by atoms with Crippen LogP contribution in [0.1, 0.15) is 5.56 Å². The van der Waals surface area contributed by atoms with E-state index >= 15 is 0 Å². The van der Waals surface area contributed by atoms with Crippen molar-refractivity contribution in [2.24, 2.45) is 0 Å². The summed E-state index contributed by atoms with van der Waals surface area (Å²) in [5.41, 5.74) is 3.29. The Bertz CT molecular complexity index is 556. The molecule has 0 atom stereocenters. The van der Waals surface area contributed by atoms with Crippen molar-refractivity contribution < 1.29 is 0 Å². The van der Waals surface area contributed by atoms with E-state index < -0.39 is 0 Å². The van der Waals surface area contributed by atoms with Crippen LogP contribution >= 0.6 is 57.4 Å². The van der Waals surface area contributed by atoms with Crippen molar-refractivity contribution in [1.82, 2.24) is 0 Å². The summed E-state index contributed by atoms with van der Waals surface area (Å²) in [6, 6.07) is 9.89. The predicted octanol–water partition coefficient (Wildman–Crippen LogP) is 6.23. The van der Waals surface area contributed by atoms with Crippen LogP contribution in [-0.4, -0.2) is 0 Å². The highest BCUT2D eigenvalue weighted by molar-refractivity contribution is 14.1. The molecule has 0 N–H and O–H groups in total. The minimum absolute atomic E-state index is 0.402. The minimum Gasteiger partial charge on any atom is -0.0826 e. The summed E-state index contributed by atoms with van der Waals surface area (Å²) in [4.78, 5) is 0. The van der Waals surface area contributed by atoms with Crippen LogP contribution in [0.15, 0.2) is 30.3 Å². The van der Waals surface area contributed by atoms with E-state index in [0.29, 0.717) is 15.1 Å². The zero-order valence-electron chi connectivity index (χ0n) is 8.90. The maximum absolute atomic E-state index is 6.02. The fourth-order valence-corrected chi connectivity index (χ4v) is 2.48. The highest BCUT2D eigenvalue weighted by atomic mass is 127. The number of hydrogen-bond donors (Lipinski definition) is 0. The standard InChI is InChI=1S/C13H8Cl3I/c1-7-4-8(2-3-12(7)17)9-5-10(14)13(16)11(15)6-9/h2-6H,1H3. The Kier molecular flexibility index (Phi) is 4.24. The Hall–Kier alpha value is 0.0400. The van der Waals surface area contributed by atoms with Gasteiger partial charge in [0.2, 0.25) is 0 Å². The molecule has 0 aliphatic rings. The lowest BCUT2D eigenvalue weighted by Crippen LogP contribution is -1.84. The molecule has 0 saturated carbocycles. The summed E-state index contributed by atoms with van der Waals surface area (Å²) >= 11 is 20.3. The van der Waals surface area contributed by atoms with Crippen LogP contribution in [0.4, 0.5) is 0 Å². The first-order chi connectivity index (χ1) is 7.99. The third kappa shape index (κ3) is 2.90. The van der Waals surface area contributed by atoms with Crippen LogP contribution in [0.2, 0.25) is 15.1 Å². The lowest BCUT2D eigenvalue weighted by molar-refractivity contribution is 1.42. The molecule has 0 radical (unpaired) electrons. The van der Waals surface area contributed by atoms with Gasteiger partial charge in [-0.15, -0.1) is 0 Å². The minimum atomic E-state index is 0.402. The summed E-state index contributed by atoms with van der Waals surface area (Å²) in [6.45, 7) is 2.07. The molecule has 0 unspecified atom stereocenters. The van der Waals surface area contributed by atoms with Gasteiger partial charge in [0.1, 0.15) is 0 Å². The second-order valence-electron chi connectivity index (χ2n) is 3.72. The van der Waals surface area contributed by atoms with Crippen LogP contribution in [0.5, 0.6) is 0 Å². The molecular weight excluding hydrogens is 389 g/mol. The Balaban J connectivity index is 2.57. The first-order valence-electron chi connectivity index (χ1n) is 4.90. The van der Waals surface area contributed by atoms with Crippen molar-refractivity contribution in [3.05, 3.63) is 54.5 Å². The molecule has 0 heterocycles. The number of aryl methyl sites for hydroxylation is 1. The van der Waals surface area contributed by atoms with Gasteiger partial charge < -0.3 is 0 Å². The molecule has 17 heavy (non-hydrogen) atoms. The average Bonchev–Trinajstić information content (AvgIpc) is 2.29. The van der Waals surface area contributed by atoms with Crippen LogP contribution < -0.4 is 0 Å². The molecule has 2 aromatic rings. The van der Waals surface area contributed by atoms with Crippen LogP contribution in [0, 0.1) is 10.5 Å². The van der Waals surface area contributed by atoms with Gasteiger partial charge in [0.25, 0.3) is 0 Å². The van der Waals surface area contributed by atoms with Gasteiger partial charge in [0.05, 0.1) is 15.1 Å². The maximum atomic E-state index is 6.02. The summed E-state index contributed by atoms with van der Waals surface area (Å²) in [6.07, 6.45) is 0. The summed E-state index contributed by atoms with van der Waals surface area (Å²) in [5, 5.41) is 1.36. The van der Waals surface area contributed by atoms with Crippen molar-refractivity contribution in [1.29, 1.82) is 0 Å². The molecule has 0 aromatic heterocycles. The smallest absolute Gasteiger partial charge is 0.0778 e. The highest BCUT2D eigenvalue weighted by Crippen LogP contribution is 2.35. The van der Waals surface area contributed by atoms with E-state index in [0.717, 1.165) is 11.1 Å². The van der Waals surface area contributed by atoms with E-state index in [1.165, 1.54) is 9.13 Å². The number of hydrogen-bond acceptors (Lipinski definition) is 0. The lowest BCUT2D eigenvalue weighted by atomic mass is 10.0. The number of rotatable bonds is 1. The SMILES string of the molecule is Cc1cc(-c2cc(Cl)c(Cl)c(Cl)c2)ccc1I. The molecule has 0 bridgehead atoms. The zero-order chi connectivity index (χ0) is 12.6. The third-order valence-corrected chi connectivity index (χ3v) is 4.88. The molecular formula is C13H8Cl3I. The first kappa shape index (κ1) is 13.5. The molecule has 88 valence electrons. The van der Waals surface area contributed by atoms with Gasteiger partial charge in [-0.1, -0.05) is 46.9 Å². The summed E-state index contributed by atoms with van der Waals surface area (Å²) in [5.74, 6) is 0. The molecule has 0 saturated heterocycles. The fraction of sp³-hybridized carbons (Fsp3) is 0.0769. The Morgan fingerprint density at radius 2 is 1.47 bits per heavy atom. The van der Waals surface area contributed by atoms with Crippen LogP contribution in [0.3, 0.4) is 0 Å². The van der Waals surface area contributed by atoms with Gasteiger partial charge in [0.15, 0.2) is 0 Å². The first-order valence-corrected chi connectivity index (χ1v) is 7.11. The molecule has 2 aromatic carbocycles. The van der Waals surface area contributed by atoms with Crippen molar-refractivity contribution in [2.45, 2.75) is 6.92 Å². The van der Waals surface area contributed by atoms with E-state index in [4.69, 9.17) is 34.8 Å². The fourth-order valence-electron chi connectivity index (χ4n) is 1.55. The quantitative estimate of drug-likeness (QED) is 0.395. The molecule has 0 amide bonds. The molecule has 0 aliphatic heterocycles. The normalized spacial score (nSPS) is 10.6. The average molecular weight is 397 g/mol. The Labute approximate surface area is 129 Å². The largest absolute Gasteiger partial charge is 0.0826 e. The molecule has 0 aliphatic carbocycles. The van der Waals surface area contributed by atoms with Crippen LogP contribution in [0.25, 0.3) is 11.1 Å². The maximum Gasteiger partial charge on any atom is 0.0778 e. The summed E-state index contributed by atoms with van der Waals surface area (Å²) in [7, 11) is 0. The second kappa shape index (κ2) is 5.35. The van der Waals surface area contributed by atoms with Crippen molar-refractivity contribution in [2.75, 3.05) is 0 Å². The Morgan fingerprint density at radius 3 is 2.00 bits per heavy atom. The Morgan fingerprint density at radius 1 is 0.882 bits per heavy atom. The van der Waals surface area contributed by atoms with Gasteiger partial charge in [-0.2, -0.15) is 0 Å². The predicted molar refractivity (Wildman–Crippen MR) is 84.4 cm³/mol. The zero-order valence-corrected chi connectivity index (χ0v) is 13.3. The monoisotopic (exact) mass is 396 g/mol. The summed E-state index contributed by atoms with van der Waals surface area (Å²) < 4.78 is 1.23. The highest BCUT2D eigenvalue weighted by Gasteiger charge is 2.08. The third-order valence-electron chi connectivity index (χ3n) is 2.48. The van der Waals surface area contributed by atoms with Crippen molar-refractivity contribution in [3.63, 3.8) is 0 Å². The molecule has 2 rings (SSSR count). The number of halogens is 4. The van der Waals surface area contributed by atoms with Crippen LogP contribution in [-0.2, 0) is 0 Å². The number of benzene rings is 2. The van der Waals surface area contributed by atoms with Gasteiger partial charge in [-0.3, -0.25) is 0 Å². The van der Waals surface area contributed by atoms with E-state index in [9.17, 15) is 0 Å². The molecule has 0 nitrogen and oxygen atoms in total. The van der Waals surface area contributed by atoms with Crippen molar-refractivity contribution in [3.8, 4) is 11.1 Å². The molecule has 4 heteroatoms. The van der Waals surface area contributed by atoms with Gasteiger partial charge >= 0.3 is 0 Å². The van der Waals surface area contributed by atoms with E-state index in [1.807, 2.05) is 18.2 Å². The second-order valence-corrected chi connectivity index (χ2v) is 6.07. The van der Waals surface area contributed by atoms with E-state index in [2.05, 4.69) is 41.6 Å². The van der Waals surface area contributed by atoms with Gasteiger partial charge in [-0.05, 0) is 64.4 Å².